The zero-order valence-corrected chi connectivity index (χ0v) is 10.1. The van der Waals surface area contributed by atoms with Crippen molar-refractivity contribution < 1.29 is 35.3 Å². The van der Waals surface area contributed by atoms with Crippen molar-refractivity contribution in [3.05, 3.63) is 0 Å². The van der Waals surface area contributed by atoms with Gasteiger partial charge in [-0.3, -0.25) is 0 Å². The van der Waals surface area contributed by atoms with Gasteiger partial charge in [-0.25, -0.2) is 0 Å². The molecule has 0 fully saturated rings. The van der Waals surface area contributed by atoms with Crippen LogP contribution in [0.5, 0.6) is 0 Å². The second-order valence-corrected chi connectivity index (χ2v) is 6.91. The van der Waals surface area contributed by atoms with Crippen molar-refractivity contribution in [2.45, 2.75) is 26.4 Å². The summed E-state index contributed by atoms with van der Waals surface area (Å²) in [7, 11) is 0. The Morgan fingerprint density at radius 2 is 1.22 bits per heavy atom. The third-order valence-corrected chi connectivity index (χ3v) is 0. The predicted octanol–water partition coefficient (Wildman–Crippen LogP) is -1.16. The zero-order chi connectivity index (χ0) is 7.21. The van der Waals surface area contributed by atoms with E-state index in [-0.39, 0.29) is 18.9 Å². The van der Waals surface area contributed by atoms with Crippen molar-refractivity contribution in [1.82, 2.24) is 0 Å². The Kier molecular flexibility index (Phi) is 19.2. The standard InChI is InChI=1S/C4H9O.2BrH.Cu.Li/c1-4(2,3)5;;;;/h1-3H3;2*1H;;/q-1;;;+2;+1/p-2. The topological polar surface area (TPSA) is 23.1 Å². The molecule has 5 heteroatoms. The van der Waals surface area contributed by atoms with Gasteiger partial charge < -0.3 is 5.11 Å². The van der Waals surface area contributed by atoms with Gasteiger partial charge in [0, 0.05) is 0 Å². The van der Waals surface area contributed by atoms with Gasteiger partial charge in [0.25, 0.3) is 0 Å². The SMILES string of the molecule is CC(C)(C)[O-].[Br][Cu][Br].[Li+]. The van der Waals surface area contributed by atoms with E-state index >= 15 is 0 Å². The van der Waals surface area contributed by atoms with Crippen LogP contribution in [-0.4, -0.2) is 5.60 Å². The molecule has 0 atom stereocenters. The quantitative estimate of drug-likeness (QED) is 0.518. The molecule has 0 amide bonds. The van der Waals surface area contributed by atoms with E-state index in [0.29, 0.717) is 0 Å². The fourth-order valence-corrected chi connectivity index (χ4v) is 0. The molecule has 0 aliphatic heterocycles. The van der Waals surface area contributed by atoms with E-state index in [9.17, 15) is 5.11 Å². The van der Waals surface area contributed by atoms with Crippen molar-refractivity contribution >= 4 is 28.2 Å². The maximum atomic E-state index is 10.1. The molecule has 0 rings (SSSR count). The summed E-state index contributed by atoms with van der Waals surface area (Å²) in [6, 6.07) is 0. The molecular formula is C4H9Br2CuLiO. The zero-order valence-electron chi connectivity index (χ0n) is 5.97. The second-order valence-electron chi connectivity index (χ2n) is 2.16. The van der Waals surface area contributed by atoms with Gasteiger partial charge in [-0.15, -0.1) is 5.60 Å². The third-order valence-electron chi connectivity index (χ3n) is 0. The first kappa shape index (κ1) is 17.2. The Bertz CT molecular complexity index is 42.3. The number of hydrogen-bond acceptors (Lipinski definition) is 1. The molecule has 0 unspecified atom stereocenters. The Morgan fingerprint density at radius 3 is 1.22 bits per heavy atom. The Balaban J connectivity index is -0.0000000800. The average Bonchev–Trinajstić information content (AvgIpc) is 1.27. The van der Waals surface area contributed by atoms with Gasteiger partial charge in [0.1, 0.15) is 0 Å². The maximum absolute atomic E-state index is 10.1. The van der Waals surface area contributed by atoms with Crippen molar-refractivity contribution in [2.75, 3.05) is 0 Å². The number of rotatable bonds is 0. The molecule has 0 spiro atoms. The molecule has 0 heterocycles. The van der Waals surface area contributed by atoms with Crippen molar-refractivity contribution in [3.8, 4) is 0 Å². The van der Waals surface area contributed by atoms with Crippen LogP contribution in [-0.2, 0) is 11.3 Å². The van der Waals surface area contributed by atoms with Gasteiger partial charge in [-0.1, -0.05) is 20.8 Å². The van der Waals surface area contributed by atoms with E-state index in [4.69, 9.17) is 0 Å². The Labute approximate surface area is 89.1 Å². The molecule has 0 aromatic rings. The minimum absolute atomic E-state index is 0. The van der Waals surface area contributed by atoms with Crippen LogP contribution in [0.15, 0.2) is 0 Å². The third kappa shape index (κ3) is 156. The molecule has 0 saturated carbocycles. The van der Waals surface area contributed by atoms with E-state index in [1.165, 1.54) is 11.3 Å². The predicted molar refractivity (Wildman–Crippen MR) is 37.6 cm³/mol. The molecule has 0 bridgehead atoms. The van der Waals surface area contributed by atoms with Crippen molar-refractivity contribution in [1.29, 1.82) is 0 Å². The summed E-state index contributed by atoms with van der Waals surface area (Å²) in [5, 5.41) is 10.1. The summed E-state index contributed by atoms with van der Waals surface area (Å²) in [5.41, 5.74) is -0.750. The summed E-state index contributed by atoms with van der Waals surface area (Å²) >= 11 is 7.38. The summed E-state index contributed by atoms with van der Waals surface area (Å²) in [6.07, 6.45) is 0. The van der Waals surface area contributed by atoms with Crippen molar-refractivity contribution in [2.24, 2.45) is 0 Å². The minimum atomic E-state index is -0.750. The molecule has 57 valence electrons. The molecule has 0 saturated heterocycles. The van der Waals surface area contributed by atoms with E-state index < -0.39 is 5.60 Å². The van der Waals surface area contributed by atoms with Crippen molar-refractivity contribution in [3.63, 3.8) is 0 Å². The van der Waals surface area contributed by atoms with Gasteiger partial charge in [-0.05, 0) is 0 Å². The van der Waals surface area contributed by atoms with Crippen LogP contribution in [0.4, 0.5) is 0 Å². The normalized spacial score (nSPS) is 9.11. The van der Waals surface area contributed by atoms with Crippen LogP contribution in [0.25, 0.3) is 0 Å². The van der Waals surface area contributed by atoms with Gasteiger partial charge >= 0.3 is 58.4 Å². The van der Waals surface area contributed by atoms with E-state index in [2.05, 4.69) is 28.2 Å². The molecule has 0 aliphatic carbocycles. The smallest absolute Gasteiger partial charge is 1.00 e. The second kappa shape index (κ2) is 10.0. The minimum Gasteiger partial charge on any atom is 1.00 e. The first-order valence-electron chi connectivity index (χ1n) is 1.93. The molecule has 0 aromatic carbocycles. The Morgan fingerprint density at radius 1 is 1.22 bits per heavy atom. The summed E-state index contributed by atoms with van der Waals surface area (Å²) in [4.78, 5) is 0. The van der Waals surface area contributed by atoms with Crippen LogP contribution >= 0.6 is 28.2 Å². The monoisotopic (exact) mass is 301 g/mol. The largest absolute Gasteiger partial charge is 1.00 e. The first-order valence-corrected chi connectivity index (χ1v) is 6.59. The fraction of sp³-hybridized carbons (Fsp3) is 1.00. The van der Waals surface area contributed by atoms with Crippen LogP contribution in [0.1, 0.15) is 20.8 Å². The summed E-state index contributed by atoms with van der Waals surface area (Å²) in [6.45, 7) is 4.90. The summed E-state index contributed by atoms with van der Waals surface area (Å²) in [5.74, 6) is 0. The van der Waals surface area contributed by atoms with E-state index in [0.717, 1.165) is 0 Å². The van der Waals surface area contributed by atoms with Gasteiger partial charge in [-0.2, -0.15) is 0 Å². The van der Waals surface area contributed by atoms with Gasteiger partial charge in [0.05, 0.1) is 0 Å². The number of halogens is 2. The molecule has 0 aliphatic rings. The van der Waals surface area contributed by atoms with Crippen LogP contribution in [0, 0.1) is 0 Å². The van der Waals surface area contributed by atoms with Gasteiger partial charge in [0.2, 0.25) is 0 Å². The van der Waals surface area contributed by atoms with Crippen LogP contribution in [0.3, 0.4) is 0 Å². The fourth-order valence-electron chi connectivity index (χ4n) is 0. The molecule has 1 nitrogen and oxygen atoms in total. The van der Waals surface area contributed by atoms with Crippen LogP contribution < -0.4 is 24.0 Å². The van der Waals surface area contributed by atoms with E-state index in [1.807, 2.05) is 0 Å². The Hall–Kier alpha value is 2.04. The average molecular weight is 303 g/mol. The molecule has 0 aromatic heterocycles. The maximum Gasteiger partial charge on any atom is 1.00 e. The molecule has 0 N–H and O–H groups in total. The number of hydrogen-bond donors (Lipinski definition) is 0. The molecular weight excluding hydrogens is 294 g/mol. The van der Waals surface area contributed by atoms with Crippen LogP contribution in [0.2, 0.25) is 0 Å². The first-order chi connectivity index (χ1) is 3.41. The molecule has 0 radical (unpaired) electrons. The van der Waals surface area contributed by atoms with Gasteiger partial charge in [0.15, 0.2) is 0 Å². The molecule has 9 heavy (non-hydrogen) atoms. The van der Waals surface area contributed by atoms with E-state index in [1.54, 1.807) is 20.8 Å². The summed E-state index contributed by atoms with van der Waals surface area (Å²) < 4.78 is 0.